The molecule has 0 radical (unpaired) electrons. The molecule has 0 aromatic heterocycles. The fourth-order valence-corrected chi connectivity index (χ4v) is 3.03. The van der Waals surface area contributed by atoms with Crippen molar-refractivity contribution in [3.8, 4) is 0 Å². The van der Waals surface area contributed by atoms with Gasteiger partial charge in [-0.25, -0.2) is 0 Å². The van der Waals surface area contributed by atoms with Crippen molar-refractivity contribution in [3.63, 3.8) is 0 Å². The standard InChI is InChI=1S/C10H22BNO/c1-9(2)7-6-8-10(3,4)12(9)11(5)13/h13H,6-8H2,1-5H3. The molecule has 0 aromatic carbocycles. The van der Waals surface area contributed by atoms with Crippen molar-refractivity contribution >= 4 is 7.05 Å². The molecule has 0 amide bonds. The lowest BCUT2D eigenvalue weighted by atomic mass is 9.68. The molecule has 1 aliphatic rings. The molecule has 76 valence electrons. The van der Waals surface area contributed by atoms with E-state index in [1.54, 1.807) is 0 Å². The first-order valence-corrected chi connectivity index (χ1v) is 5.25. The Morgan fingerprint density at radius 3 is 1.69 bits per heavy atom. The predicted octanol–water partition coefficient (Wildman–Crippen LogP) is 2.14. The van der Waals surface area contributed by atoms with Crippen LogP contribution in [0.25, 0.3) is 0 Å². The van der Waals surface area contributed by atoms with Crippen molar-refractivity contribution in [1.29, 1.82) is 0 Å². The zero-order chi connectivity index (χ0) is 10.3. The third-order valence-electron chi connectivity index (χ3n) is 3.26. The van der Waals surface area contributed by atoms with Crippen molar-refractivity contribution in [1.82, 2.24) is 4.81 Å². The van der Waals surface area contributed by atoms with E-state index in [4.69, 9.17) is 0 Å². The molecule has 1 aliphatic heterocycles. The van der Waals surface area contributed by atoms with Gasteiger partial charge >= 0.3 is 7.05 Å². The number of piperidine rings is 1. The van der Waals surface area contributed by atoms with Crippen LogP contribution in [0.15, 0.2) is 0 Å². The highest BCUT2D eigenvalue weighted by Gasteiger charge is 2.44. The third-order valence-corrected chi connectivity index (χ3v) is 3.26. The molecule has 1 rings (SSSR count). The summed E-state index contributed by atoms with van der Waals surface area (Å²) in [6.45, 7) is 10.8. The average Bonchev–Trinajstić information content (AvgIpc) is 1.79. The van der Waals surface area contributed by atoms with Crippen molar-refractivity contribution < 1.29 is 5.02 Å². The van der Waals surface area contributed by atoms with Gasteiger partial charge in [-0.05, 0) is 53.8 Å². The molecule has 1 N–H and O–H groups in total. The Bertz CT molecular complexity index is 173. The Kier molecular flexibility index (Phi) is 2.79. The molecule has 3 heteroatoms. The molecule has 0 aliphatic carbocycles. The molecule has 0 spiro atoms. The first-order chi connectivity index (χ1) is 5.77. The highest BCUT2D eigenvalue weighted by molar-refractivity contribution is 6.45. The van der Waals surface area contributed by atoms with Gasteiger partial charge in [-0.1, -0.05) is 0 Å². The number of hydrogen-bond donors (Lipinski definition) is 1. The van der Waals surface area contributed by atoms with Crippen LogP contribution in [0.4, 0.5) is 0 Å². The Morgan fingerprint density at radius 2 is 1.46 bits per heavy atom. The topological polar surface area (TPSA) is 23.5 Å². The number of nitrogens with zero attached hydrogens (tertiary/aromatic N) is 1. The van der Waals surface area contributed by atoms with Crippen LogP contribution in [0.1, 0.15) is 47.0 Å². The second kappa shape index (κ2) is 3.28. The second-order valence-electron chi connectivity index (χ2n) is 5.48. The van der Waals surface area contributed by atoms with Gasteiger partial charge in [0.1, 0.15) is 0 Å². The highest BCUT2D eigenvalue weighted by atomic mass is 16.2. The van der Waals surface area contributed by atoms with Gasteiger partial charge in [-0.3, -0.25) is 0 Å². The van der Waals surface area contributed by atoms with Gasteiger partial charge in [0.05, 0.1) is 0 Å². The van der Waals surface area contributed by atoms with E-state index in [1.165, 1.54) is 19.3 Å². The van der Waals surface area contributed by atoms with Crippen LogP contribution in [0, 0.1) is 0 Å². The first kappa shape index (κ1) is 11.1. The molecule has 0 unspecified atom stereocenters. The molecule has 0 aromatic rings. The molecule has 0 bridgehead atoms. The number of hydrogen-bond acceptors (Lipinski definition) is 2. The second-order valence-corrected chi connectivity index (χ2v) is 5.48. The van der Waals surface area contributed by atoms with E-state index < -0.39 is 0 Å². The SMILES string of the molecule is CB(O)N1C(C)(C)CCCC1(C)C. The van der Waals surface area contributed by atoms with Crippen molar-refractivity contribution in [2.45, 2.75) is 64.9 Å². The Morgan fingerprint density at radius 1 is 1.08 bits per heavy atom. The number of rotatable bonds is 1. The van der Waals surface area contributed by atoms with Gasteiger partial charge in [-0.2, -0.15) is 0 Å². The minimum absolute atomic E-state index is 0.135. The summed E-state index contributed by atoms with van der Waals surface area (Å²) < 4.78 is 0. The van der Waals surface area contributed by atoms with E-state index in [-0.39, 0.29) is 18.1 Å². The van der Waals surface area contributed by atoms with Crippen molar-refractivity contribution in [2.75, 3.05) is 0 Å². The van der Waals surface area contributed by atoms with E-state index in [2.05, 4.69) is 32.5 Å². The molecule has 13 heavy (non-hydrogen) atoms. The summed E-state index contributed by atoms with van der Waals surface area (Å²) >= 11 is 0. The van der Waals surface area contributed by atoms with Gasteiger partial charge < -0.3 is 9.83 Å². The van der Waals surface area contributed by atoms with Crippen LogP contribution in [-0.4, -0.2) is 28.0 Å². The molecular formula is C10H22BNO. The lowest BCUT2D eigenvalue weighted by Crippen LogP contribution is -2.63. The third kappa shape index (κ3) is 2.08. The van der Waals surface area contributed by atoms with Gasteiger partial charge in [0.15, 0.2) is 0 Å². The normalized spacial score (nSPS) is 27.2. The fourth-order valence-electron chi connectivity index (χ4n) is 3.03. The lowest BCUT2D eigenvalue weighted by Gasteiger charge is -2.53. The molecule has 2 nitrogen and oxygen atoms in total. The van der Waals surface area contributed by atoms with Crippen LogP contribution in [0.2, 0.25) is 6.82 Å². The van der Waals surface area contributed by atoms with Gasteiger partial charge in [-0.15, -0.1) is 0 Å². The van der Waals surface area contributed by atoms with E-state index in [0.29, 0.717) is 0 Å². The van der Waals surface area contributed by atoms with Crippen molar-refractivity contribution in [3.05, 3.63) is 0 Å². The summed E-state index contributed by atoms with van der Waals surface area (Å²) in [7, 11) is -0.342. The largest absolute Gasteiger partial charge is 0.437 e. The summed E-state index contributed by atoms with van der Waals surface area (Å²) in [5, 5.41) is 9.77. The van der Waals surface area contributed by atoms with E-state index in [9.17, 15) is 5.02 Å². The van der Waals surface area contributed by atoms with Gasteiger partial charge in [0, 0.05) is 11.1 Å². The van der Waals surface area contributed by atoms with Crippen molar-refractivity contribution in [2.24, 2.45) is 0 Å². The molecule has 0 saturated carbocycles. The maximum absolute atomic E-state index is 9.77. The highest BCUT2D eigenvalue weighted by Crippen LogP contribution is 2.38. The summed E-state index contributed by atoms with van der Waals surface area (Å²) in [6, 6.07) is 0. The molecule has 1 saturated heterocycles. The first-order valence-electron chi connectivity index (χ1n) is 5.25. The molecule has 0 atom stereocenters. The average molecular weight is 183 g/mol. The minimum atomic E-state index is -0.342. The van der Waals surface area contributed by atoms with E-state index in [1.807, 2.05) is 6.82 Å². The lowest BCUT2D eigenvalue weighted by molar-refractivity contribution is 0.0367. The Labute approximate surface area is 82.5 Å². The van der Waals surface area contributed by atoms with Crippen LogP contribution in [-0.2, 0) is 0 Å². The maximum Gasteiger partial charge on any atom is 0.377 e. The monoisotopic (exact) mass is 183 g/mol. The van der Waals surface area contributed by atoms with Gasteiger partial charge in [0.25, 0.3) is 0 Å². The summed E-state index contributed by atoms with van der Waals surface area (Å²) in [4.78, 5) is 2.24. The van der Waals surface area contributed by atoms with Crippen LogP contribution >= 0.6 is 0 Å². The summed E-state index contributed by atoms with van der Waals surface area (Å²) in [5.41, 5.74) is 0.270. The van der Waals surface area contributed by atoms with Crippen LogP contribution in [0.5, 0.6) is 0 Å². The van der Waals surface area contributed by atoms with Crippen LogP contribution < -0.4 is 0 Å². The Balaban J connectivity index is 2.91. The van der Waals surface area contributed by atoms with E-state index in [0.717, 1.165) is 0 Å². The Hall–Kier alpha value is -0.0151. The fraction of sp³-hybridized carbons (Fsp3) is 1.00. The summed E-state index contributed by atoms with van der Waals surface area (Å²) in [5.74, 6) is 0. The van der Waals surface area contributed by atoms with Gasteiger partial charge in [0.2, 0.25) is 0 Å². The molecular weight excluding hydrogens is 161 g/mol. The zero-order valence-electron chi connectivity index (χ0n) is 9.59. The smallest absolute Gasteiger partial charge is 0.377 e. The molecule has 1 heterocycles. The quantitative estimate of drug-likeness (QED) is 0.629. The predicted molar refractivity (Wildman–Crippen MR) is 57.7 cm³/mol. The summed E-state index contributed by atoms with van der Waals surface area (Å²) in [6.07, 6.45) is 3.63. The van der Waals surface area contributed by atoms with E-state index >= 15 is 0 Å². The van der Waals surface area contributed by atoms with Crippen LogP contribution in [0.3, 0.4) is 0 Å². The zero-order valence-corrected chi connectivity index (χ0v) is 9.59. The minimum Gasteiger partial charge on any atom is -0.437 e. The maximum atomic E-state index is 9.77. The molecule has 1 fully saturated rings.